The van der Waals surface area contributed by atoms with Crippen molar-refractivity contribution in [2.45, 2.75) is 13.8 Å². The van der Waals surface area contributed by atoms with E-state index in [4.69, 9.17) is 20.3 Å². The number of nitrogens with two attached hydrogens (primary N) is 1. The highest BCUT2D eigenvalue weighted by molar-refractivity contribution is 5.95. The van der Waals surface area contributed by atoms with Crippen molar-refractivity contribution in [1.29, 1.82) is 0 Å². The van der Waals surface area contributed by atoms with Gasteiger partial charge in [0.05, 0.1) is 24.5 Å². The van der Waals surface area contributed by atoms with Gasteiger partial charge in [-0.2, -0.15) is 0 Å². The predicted octanol–water partition coefficient (Wildman–Crippen LogP) is 1.90. The third-order valence-electron chi connectivity index (χ3n) is 2.04. The molecule has 0 amide bonds. The molecule has 1 rings (SSSR count). The Morgan fingerprint density at radius 2 is 2.00 bits per heavy atom. The van der Waals surface area contributed by atoms with Crippen molar-refractivity contribution in [3.63, 3.8) is 0 Å². The summed E-state index contributed by atoms with van der Waals surface area (Å²) in [5.74, 6) is -2.34. The van der Waals surface area contributed by atoms with E-state index in [0.29, 0.717) is 0 Å². The van der Waals surface area contributed by atoms with Gasteiger partial charge in [-0.25, -0.2) is 9.18 Å². The number of carbonyl (C=O) groups is 1. The van der Waals surface area contributed by atoms with Crippen molar-refractivity contribution in [1.82, 2.24) is 0 Å². The maximum Gasteiger partial charge on any atom is 0.338 e. The van der Waals surface area contributed by atoms with E-state index in [-0.39, 0.29) is 30.3 Å². The fourth-order valence-corrected chi connectivity index (χ4v) is 1.34. The Morgan fingerprint density at radius 3 is 2.47 bits per heavy atom. The zero-order valence-electron chi connectivity index (χ0n) is 9.62. The lowest BCUT2D eigenvalue weighted by Gasteiger charge is -2.14. The number of carboxylic acids is 1. The van der Waals surface area contributed by atoms with Crippen LogP contribution in [0.5, 0.6) is 11.5 Å². The van der Waals surface area contributed by atoms with Gasteiger partial charge in [-0.1, -0.05) is 0 Å². The van der Waals surface area contributed by atoms with E-state index in [9.17, 15) is 9.18 Å². The van der Waals surface area contributed by atoms with Crippen molar-refractivity contribution in [2.75, 3.05) is 18.9 Å². The first-order valence-corrected chi connectivity index (χ1v) is 5.13. The Labute approximate surface area is 97.9 Å². The Kier molecular flexibility index (Phi) is 4.14. The first-order chi connectivity index (χ1) is 8.02. The molecule has 3 N–H and O–H groups in total. The summed E-state index contributed by atoms with van der Waals surface area (Å²) < 4.78 is 24.0. The SMILES string of the molecule is CCOc1cc(C(=O)O)c(N)c(F)c1OCC. The molecule has 0 saturated carbocycles. The van der Waals surface area contributed by atoms with E-state index in [1.165, 1.54) is 0 Å². The number of ether oxygens (including phenoxy) is 2. The molecule has 0 aliphatic heterocycles. The van der Waals surface area contributed by atoms with Crippen LogP contribution in [-0.2, 0) is 0 Å². The number of anilines is 1. The molecule has 0 aromatic heterocycles. The van der Waals surface area contributed by atoms with Crippen molar-refractivity contribution in [2.24, 2.45) is 0 Å². The van der Waals surface area contributed by atoms with Gasteiger partial charge in [-0.15, -0.1) is 0 Å². The second kappa shape index (κ2) is 5.38. The molecular weight excluding hydrogens is 229 g/mol. The molecule has 6 heteroatoms. The number of benzene rings is 1. The highest BCUT2D eigenvalue weighted by Crippen LogP contribution is 2.36. The van der Waals surface area contributed by atoms with Gasteiger partial charge >= 0.3 is 5.97 Å². The van der Waals surface area contributed by atoms with Gasteiger partial charge < -0.3 is 20.3 Å². The summed E-state index contributed by atoms with van der Waals surface area (Å²) in [5.41, 5.74) is 4.60. The van der Waals surface area contributed by atoms with Crippen LogP contribution < -0.4 is 15.2 Å². The number of halogens is 1. The molecule has 0 saturated heterocycles. The van der Waals surface area contributed by atoms with Gasteiger partial charge in [0, 0.05) is 6.07 Å². The standard InChI is InChI=1S/C11H14FNO4/c1-3-16-7-5-6(11(14)15)9(13)8(12)10(7)17-4-2/h5H,3-4,13H2,1-2H3,(H,14,15). The van der Waals surface area contributed by atoms with Gasteiger partial charge in [0.15, 0.2) is 17.3 Å². The minimum Gasteiger partial charge on any atom is -0.490 e. The molecule has 0 bridgehead atoms. The van der Waals surface area contributed by atoms with Gasteiger partial charge in [-0.3, -0.25) is 0 Å². The van der Waals surface area contributed by atoms with E-state index in [0.717, 1.165) is 6.07 Å². The van der Waals surface area contributed by atoms with Crippen molar-refractivity contribution >= 4 is 11.7 Å². The summed E-state index contributed by atoms with van der Waals surface area (Å²) in [6, 6.07) is 1.16. The molecular formula is C11H14FNO4. The third kappa shape index (κ3) is 2.58. The Bertz CT molecular complexity index is 434. The number of hydrogen-bond donors (Lipinski definition) is 2. The van der Waals surface area contributed by atoms with Crippen LogP contribution in [0.4, 0.5) is 10.1 Å². The van der Waals surface area contributed by atoms with Crippen molar-refractivity contribution < 1.29 is 23.8 Å². The van der Waals surface area contributed by atoms with Crippen LogP contribution in [-0.4, -0.2) is 24.3 Å². The molecule has 0 atom stereocenters. The minimum atomic E-state index is -1.31. The van der Waals surface area contributed by atoms with Crippen LogP contribution in [0.15, 0.2) is 6.07 Å². The van der Waals surface area contributed by atoms with Crippen LogP contribution in [0.1, 0.15) is 24.2 Å². The molecule has 0 radical (unpaired) electrons. The Morgan fingerprint density at radius 1 is 1.41 bits per heavy atom. The average Bonchev–Trinajstić information content (AvgIpc) is 2.28. The van der Waals surface area contributed by atoms with Gasteiger partial charge in [0.25, 0.3) is 0 Å². The molecule has 17 heavy (non-hydrogen) atoms. The van der Waals surface area contributed by atoms with Crippen molar-refractivity contribution in [3.8, 4) is 11.5 Å². The topological polar surface area (TPSA) is 81.8 Å². The molecule has 0 aliphatic carbocycles. The third-order valence-corrected chi connectivity index (χ3v) is 2.04. The number of nitrogen functional groups attached to an aromatic ring is 1. The zero-order chi connectivity index (χ0) is 13.0. The second-order valence-corrected chi connectivity index (χ2v) is 3.15. The van der Waals surface area contributed by atoms with Gasteiger partial charge in [0.2, 0.25) is 0 Å². The summed E-state index contributed by atoms with van der Waals surface area (Å²) in [6.45, 7) is 3.87. The minimum absolute atomic E-state index is 0.0402. The fourth-order valence-electron chi connectivity index (χ4n) is 1.34. The summed E-state index contributed by atoms with van der Waals surface area (Å²) in [5, 5.41) is 8.86. The van der Waals surface area contributed by atoms with Crippen LogP contribution >= 0.6 is 0 Å². The molecule has 5 nitrogen and oxygen atoms in total. The maximum atomic E-state index is 13.8. The molecule has 0 heterocycles. The van der Waals surface area contributed by atoms with E-state index in [2.05, 4.69) is 0 Å². The molecule has 94 valence electrons. The van der Waals surface area contributed by atoms with Gasteiger partial charge in [-0.05, 0) is 13.8 Å². The highest BCUT2D eigenvalue weighted by Gasteiger charge is 2.21. The quantitative estimate of drug-likeness (QED) is 0.772. The summed E-state index contributed by atoms with van der Waals surface area (Å²) in [6.07, 6.45) is 0. The normalized spacial score (nSPS) is 10.1. The summed E-state index contributed by atoms with van der Waals surface area (Å²) >= 11 is 0. The smallest absolute Gasteiger partial charge is 0.338 e. The van der Waals surface area contributed by atoms with Gasteiger partial charge in [0.1, 0.15) is 0 Å². The molecule has 0 aliphatic rings. The Hall–Kier alpha value is -1.98. The summed E-state index contributed by atoms with van der Waals surface area (Å²) in [7, 11) is 0. The lowest BCUT2D eigenvalue weighted by molar-refractivity contribution is 0.0697. The first-order valence-electron chi connectivity index (χ1n) is 5.13. The number of rotatable bonds is 5. The fraction of sp³-hybridized carbons (Fsp3) is 0.364. The van der Waals surface area contributed by atoms with Crippen LogP contribution in [0.3, 0.4) is 0 Å². The molecule has 0 unspecified atom stereocenters. The highest BCUT2D eigenvalue weighted by atomic mass is 19.1. The maximum absolute atomic E-state index is 13.8. The molecule has 1 aromatic rings. The lowest BCUT2D eigenvalue weighted by atomic mass is 10.1. The second-order valence-electron chi connectivity index (χ2n) is 3.15. The lowest BCUT2D eigenvalue weighted by Crippen LogP contribution is -2.09. The molecule has 0 spiro atoms. The van der Waals surface area contributed by atoms with E-state index in [1.54, 1.807) is 13.8 Å². The van der Waals surface area contributed by atoms with Crippen LogP contribution in [0.2, 0.25) is 0 Å². The molecule has 0 fully saturated rings. The first kappa shape index (κ1) is 13.1. The number of aromatic carboxylic acids is 1. The van der Waals surface area contributed by atoms with E-state index < -0.39 is 17.5 Å². The van der Waals surface area contributed by atoms with Crippen molar-refractivity contribution in [3.05, 3.63) is 17.4 Å². The van der Waals surface area contributed by atoms with E-state index in [1.807, 2.05) is 0 Å². The number of carboxylic acid groups (broad SMARTS) is 1. The predicted molar refractivity (Wildman–Crippen MR) is 60.1 cm³/mol. The van der Waals surface area contributed by atoms with Crippen LogP contribution in [0, 0.1) is 5.82 Å². The van der Waals surface area contributed by atoms with E-state index >= 15 is 0 Å². The zero-order valence-corrected chi connectivity index (χ0v) is 9.62. The average molecular weight is 243 g/mol. The Balaban J connectivity index is 3.38. The van der Waals surface area contributed by atoms with Crippen LogP contribution in [0.25, 0.3) is 0 Å². The largest absolute Gasteiger partial charge is 0.490 e. The molecule has 1 aromatic carbocycles. The number of hydrogen-bond acceptors (Lipinski definition) is 4. The monoisotopic (exact) mass is 243 g/mol. The summed E-state index contributed by atoms with van der Waals surface area (Å²) in [4.78, 5) is 10.9.